The van der Waals surface area contributed by atoms with Gasteiger partial charge in [-0.05, 0) is 30.9 Å². The molecule has 0 spiro atoms. The van der Waals surface area contributed by atoms with Gasteiger partial charge < -0.3 is 10.2 Å². The molecular formula is C21H21ClF3N3O2. The Hall–Kier alpha value is -2.61. The van der Waals surface area contributed by atoms with E-state index in [1.165, 1.54) is 6.20 Å². The molecule has 0 aliphatic heterocycles. The number of rotatable bonds is 9. The summed E-state index contributed by atoms with van der Waals surface area (Å²) in [7, 11) is 0. The van der Waals surface area contributed by atoms with Crippen molar-refractivity contribution in [2.75, 3.05) is 4.90 Å². The Kier molecular flexibility index (Phi) is 6.97. The van der Waals surface area contributed by atoms with Crippen LogP contribution in [0.4, 0.5) is 18.9 Å². The van der Waals surface area contributed by atoms with Crippen molar-refractivity contribution in [3.05, 3.63) is 59.1 Å². The van der Waals surface area contributed by atoms with Crippen LogP contribution in [0.5, 0.6) is 0 Å². The van der Waals surface area contributed by atoms with Crippen LogP contribution in [0, 0.1) is 5.82 Å². The van der Waals surface area contributed by atoms with Gasteiger partial charge in [0, 0.05) is 30.0 Å². The lowest BCUT2D eigenvalue weighted by Crippen LogP contribution is -2.55. The molecule has 1 aromatic heterocycles. The Morgan fingerprint density at radius 3 is 2.70 bits per heavy atom. The highest BCUT2D eigenvalue weighted by atomic mass is 35.5. The molecule has 1 N–H and O–H groups in total. The minimum atomic E-state index is -2.78. The number of aromatic nitrogens is 1. The highest BCUT2D eigenvalue weighted by molar-refractivity contribution is 6.31. The molecule has 1 saturated carbocycles. The Morgan fingerprint density at radius 2 is 2.07 bits per heavy atom. The maximum absolute atomic E-state index is 13.6. The molecule has 1 fully saturated rings. The van der Waals surface area contributed by atoms with E-state index in [0.29, 0.717) is 24.3 Å². The van der Waals surface area contributed by atoms with Gasteiger partial charge in [0.05, 0.1) is 18.1 Å². The molecule has 9 heteroatoms. The third-order valence-corrected chi connectivity index (χ3v) is 5.43. The van der Waals surface area contributed by atoms with Gasteiger partial charge in [0.15, 0.2) is 0 Å². The first kappa shape index (κ1) is 22.1. The largest absolute Gasteiger partial charge is 0.351 e. The third kappa shape index (κ3) is 5.50. The van der Waals surface area contributed by atoms with Gasteiger partial charge in [-0.3, -0.25) is 14.6 Å². The Morgan fingerprint density at radius 1 is 1.33 bits per heavy atom. The number of pyridine rings is 1. The van der Waals surface area contributed by atoms with Crippen LogP contribution in [0.25, 0.3) is 0 Å². The highest BCUT2D eigenvalue weighted by Crippen LogP contribution is 2.37. The minimum Gasteiger partial charge on any atom is -0.351 e. The van der Waals surface area contributed by atoms with Crippen molar-refractivity contribution in [1.29, 1.82) is 0 Å². The first-order valence-electron chi connectivity index (χ1n) is 9.55. The van der Waals surface area contributed by atoms with Crippen LogP contribution in [-0.4, -0.2) is 35.3 Å². The third-order valence-electron chi connectivity index (χ3n) is 5.06. The van der Waals surface area contributed by atoms with Crippen molar-refractivity contribution in [3.8, 4) is 0 Å². The second kappa shape index (κ2) is 9.47. The summed E-state index contributed by atoms with van der Waals surface area (Å²) in [6.45, 7) is 0. The molecule has 0 radical (unpaired) electrons. The number of halogens is 4. The van der Waals surface area contributed by atoms with E-state index in [1.807, 2.05) is 18.2 Å². The number of hydrogen-bond donors (Lipinski definition) is 1. The van der Waals surface area contributed by atoms with E-state index < -0.39 is 42.6 Å². The molecule has 3 rings (SSSR count). The predicted molar refractivity (Wildman–Crippen MR) is 107 cm³/mol. The van der Waals surface area contributed by atoms with Crippen molar-refractivity contribution in [2.24, 2.45) is 0 Å². The van der Waals surface area contributed by atoms with E-state index in [9.17, 15) is 22.8 Å². The predicted octanol–water partition coefficient (Wildman–Crippen LogP) is 4.14. The van der Waals surface area contributed by atoms with E-state index in [-0.39, 0.29) is 12.1 Å². The lowest BCUT2D eigenvalue weighted by atomic mass is 9.88. The van der Waals surface area contributed by atoms with E-state index in [2.05, 4.69) is 10.3 Å². The van der Waals surface area contributed by atoms with Crippen LogP contribution in [0.3, 0.4) is 0 Å². The summed E-state index contributed by atoms with van der Waals surface area (Å²) in [5.74, 6) is -4.01. The summed E-state index contributed by atoms with van der Waals surface area (Å²) < 4.78 is 39.8. The SMILES string of the molecule is O=CN(c1cncc(F)c1)C(CCCc1ccccc1Cl)C(=O)NC1CC(F)(F)C1. The van der Waals surface area contributed by atoms with Crippen molar-refractivity contribution in [2.45, 2.75) is 50.1 Å². The standard InChI is InChI=1S/C21H21ClF3N3O2/c22-18-6-2-1-4-14(18)5-3-7-19(20(30)27-16-9-21(24,25)10-16)28(13-29)17-8-15(23)11-26-12-17/h1-2,4,6,8,11-13,16,19H,3,5,7,9-10H2,(H,27,30). The first-order valence-corrected chi connectivity index (χ1v) is 9.92. The molecule has 1 aliphatic carbocycles. The molecule has 2 aromatic rings. The van der Waals surface area contributed by atoms with Crippen molar-refractivity contribution >= 4 is 29.6 Å². The molecule has 1 aliphatic rings. The minimum absolute atomic E-state index is 0.113. The van der Waals surface area contributed by atoms with E-state index in [1.54, 1.807) is 6.07 Å². The number of benzene rings is 1. The zero-order chi connectivity index (χ0) is 21.7. The Labute approximate surface area is 177 Å². The average molecular weight is 440 g/mol. The molecule has 0 saturated heterocycles. The fraction of sp³-hybridized carbons (Fsp3) is 0.381. The van der Waals surface area contributed by atoms with Crippen LogP contribution < -0.4 is 10.2 Å². The number of anilines is 1. The average Bonchev–Trinajstić information content (AvgIpc) is 2.67. The Bertz CT molecular complexity index is 905. The lowest BCUT2D eigenvalue weighted by molar-refractivity contribution is -0.131. The topological polar surface area (TPSA) is 62.3 Å². The maximum atomic E-state index is 13.6. The fourth-order valence-electron chi connectivity index (χ4n) is 3.50. The summed E-state index contributed by atoms with van der Waals surface area (Å²) in [6.07, 6.45) is 3.08. The van der Waals surface area contributed by atoms with Gasteiger partial charge in [0.2, 0.25) is 12.3 Å². The Balaban J connectivity index is 1.74. The number of amides is 2. The van der Waals surface area contributed by atoms with Gasteiger partial charge in [-0.2, -0.15) is 0 Å². The molecule has 1 atom stereocenters. The zero-order valence-electron chi connectivity index (χ0n) is 16.0. The number of aryl methyl sites for hydroxylation is 1. The number of hydrogen-bond acceptors (Lipinski definition) is 3. The van der Waals surface area contributed by atoms with Gasteiger partial charge in [-0.25, -0.2) is 13.2 Å². The van der Waals surface area contributed by atoms with Crippen LogP contribution in [0.15, 0.2) is 42.7 Å². The molecule has 30 heavy (non-hydrogen) atoms. The van der Waals surface area contributed by atoms with Gasteiger partial charge in [-0.1, -0.05) is 29.8 Å². The molecule has 160 valence electrons. The first-order chi connectivity index (χ1) is 14.3. The van der Waals surface area contributed by atoms with Crippen molar-refractivity contribution < 1.29 is 22.8 Å². The van der Waals surface area contributed by atoms with E-state index in [4.69, 9.17) is 11.6 Å². The molecule has 1 heterocycles. The number of alkyl halides is 2. The van der Waals surface area contributed by atoms with Crippen LogP contribution >= 0.6 is 11.6 Å². The smallest absolute Gasteiger partial charge is 0.252 e. The highest BCUT2D eigenvalue weighted by Gasteiger charge is 2.46. The van der Waals surface area contributed by atoms with Crippen LogP contribution in [-0.2, 0) is 16.0 Å². The van der Waals surface area contributed by atoms with E-state index in [0.717, 1.165) is 22.7 Å². The quantitative estimate of drug-likeness (QED) is 0.597. The van der Waals surface area contributed by atoms with Crippen molar-refractivity contribution in [1.82, 2.24) is 10.3 Å². The van der Waals surface area contributed by atoms with Gasteiger partial charge in [-0.15, -0.1) is 0 Å². The van der Waals surface area contributed by atoms with Gasteiger partial charge in [0.1, 0.15) is 11.9 Å². The molecule has 5 nitrogen and oxygen atoms in total. The molecule has 0 bridgehead atoms. The second-order valence-corrected chi connectivity index (χ2v) is 7.75. The maximum Gasteiger partial charge on any atom is 0.252 e. The molecule has 1 unspecified atom stereocenters. The molecule has 1 aromatic carbocycles. The molecule has 2 amide bonds. The van der Waals surface area contributed by atoms with Gasteiger partial charge in [0.25, 0.3) is 5.92 Å². The summed E-state index contributed by atoms with van der Waals surface area (Å²) in [4.78, 5) is 29.4. The monoisotopic (exact) mass is 439 g/mol. The number of carbonyl (C=O) groups excluding carboxylic acids is 2. The van der Waals surface area contributed by atoms with Crippen molar-refractivity contribution in [3.63, 3.8) is 0 Å². The van der Waals surface area contributed by atoms with Crippen LogP contribution in [0.1, 0.15) is 31.2 Å². The summed E-state index contributed by atoms with van der Waals surface area (Å²) >= 11 is 6.16. The van der Waals surface area contributed by atoms with E-state index >= 15 is 0 Å². The number of carbonyl (C=O) groups is 2. The van der Waals surface area contributed by atoms with Crippen LogP contribution in [0.2, 0.25) is 5.02 Å². The number of nitrogens with zero attached hydrogens (tertiary/aromatic N) is 2. The fourth-order valence-corrected chi connectivity index (χ4v) is 3.73. The molecular weight excluding hydrogens is 419 g/mol. The summed E-state index contributed by atoms with van der Waals surface area (Å²) in [5.41, 5.74) is 1.00. The lowest BCUT2D eigenvalue weighted by Gasteiger charge is -2.37. The summed E-state index contributed by atoms with van der Waals surface area (Å²) in [6, 6.07) is 6.71. The number of nitrogens with one attached hydrogen (secondary N) is 1. The normalized spacial score (nSPS) is 16.4. The van der Waals surface area contributed by atoms with Gasteiger partial charge >= 0.3 is 0 Å². The summed E-state index contributed by atoms with van der Waals surface area (Å²) in [5, 5.41) is 3.17. The zero-order valence-corrected chi connectivity index (χ0v) is 16.8. The second-order valence-electron chi connectivity index (χ2n) is 7.34.